The van der Waals surface area contributed by atoms with Crippen molar-refractivity contribution in [1.29, 1.82) is 0 Å². The molecule has 2 amide bonds. The maximum Gasteiger partial charge on any atom is 0.269 e. The van der Waals surface area contributed by atoms with Crippen molar-refractivity contribution in [3.8, 4) is 5.75 Å². The highest BCUT2D eigenvalue weighted by Crippen LogP contribution is 2.13. The number of amides is 2. The van der Waals surface area contributed by atoms with Crippen molar-refractivity contribution in [2.24, 2.45) is 5.92 Å². The van der Waals surface area contributed by atoms with Gasteiger partial charge >= 0.3 is 0 Å². The fraction of sp³-hybridized carbons (Fsp3) is 0.263. The van der Waals surface area contributed by atoms with Gasteiger partial charge in [-0.25, -0.2) is 0 Å². The topological polar surface area (TPSA) is 67.4 Å². The molecule has 0 aromatic heterocycles. The van der Waals surface area contributed by atoms with E-state index in [9.17, 15) is 9.59 Å². The average molecular weight is 326 g/mol. The summed E-state index contributed by atoms with van der Waals surface area (Å²) in [6.45, 7) is 4.93. The van der Waals surface area contributed by atoms with Crippen LogP contribution < -0.4 is 15.6 Å². The van der Waals surface area contributed by atoms with Gasteiger partial charge in [-0.05, 0) is 48.7 Å². The van der Waals surface area contributed by atoms with E-state index in [-0.39, 0.29) is 11.8 Å². The molecule has 2 aromatic rings. The van der Waals surface area contributed by atoms with E-state index in [0.717, 1.165) is 12.2 Å². The van der Waals surface area contributed by atoms with Crippen LogP contribution in [0.15, 0.2) is 54.6 Å². The van der Waals surface area contributed by atoms with Crippen LogP contribution in [0.1, 0.15) is 41.0 Å². The quantitative estimate of drug-likeness (QED) is 0.801. The van der Waals surface area contributed by atoms with E-state index >= 15 is 0 Å². The lowest BCUT2D eigenvalue weighted by Gasteiger charge is -2.10. The van der Waals surface area contributed by atoms with Gasteiger partial charge in [0.2, 0.25) is 0 Å². The molecule has 0 aliphatic heterocycles. The second-order valence-corrected chi connectivity index (χ2v) is 5.83. The zero-order valence-corrected chi connectivity index (χ0v) is 13.9. The van der Waals surface area contributed by atoms with Crippen molar-refractivity contribution < 1.29 is 14.3 Å². The minimum atomic E-state index is -0.381. The van der Waals surface area contributed by atoms with E-state index < -0.39 is 0 Å². The first-order valence-corrected chi connectivity index (χ1v) is 7.95. The van der Waals surface area contributed by atoms with Crippen LogP contribution in [0.25, 0.3) is 0 Å². The molecule has 0 saturated carbocycles. The van der Waals surface area contributed by atoms with E-state index in [4.69, 9.17) is 4.74 Å². The molecule has 0 unspecified atom stereocenters. The van der Waals surface area contributed by atoms with Crippen LogP contribution in [-0.2, 0) is 0 Å². The molecular formula is C19H22N2O3. The summed E-state index contributed by atoms with van der Waals surface area (Å²) in [5.74, 6) is 0.564. The largest absolute Gasteiger partial charge is 0.494 e. The molecule has 0 atom stereocenters. The Morgan fingerprint density at radius 2 is 1.42 bits per heavy atom. The number of hydrogen-bond donors (Lipinski definition) is 2. The molecule has 0 bridgehead atoms. The summed E-state index contributed by atoms with van der Waals surface area (Å²) in [7, 11) is 0. The number of ether oxygens (including phenoxy) is 1. The molecule has 0 fully saturated rings. The molecule has 0 saturated heterocycles. The lowest BCUT2D eigenvalue weighted by Crippen LogP contribution is -2.41. The third kappa shape index (κ3) is 5.43. The summed E-state index contributed by atoms with van der Waals surface area (Å²) in [4.78, 5) is 23.9. The van der Waals surface area contributed by atoms with Gasteiger partial charge in [0.25, 0.3) is 11.8 Å². The van der Waals surface area contributed by atoms with Gasteiger partial charge in [0.15, 0.2) is 0 Å². The summed E-state index contributed by atoms with van der Waals surface area (Å²) in [5, 5.41) is 0. The second kappa shape index (κ2) is 8.72. The standard InChI is InChI=1S/C19H22N2O3/c1-14(2)12-13-24-17-10-8-16(9-11-17)19(23)21-20-18(22)15-6-4-3-5-7-15/h3-11,14H,12-13H2,1-2H3,(H,20,22)(H,21,23). The smallest absolute Gasteiger partial charge is 0.269 e. The molecule has 0 heterocycles. The zero-order valence-electron chi connectivity index (χ0n) is 13.9. The molecule has 2 N–H and O–H groups in total. The number of hydrogen-bond acceptors (Lipinski definition) is 3. The summed E-state index contributed by atoms with van der Waals surface area (Å²) in [5.41, 5.74) is 5.71. The van der Waals surface area contributed by atoms with Crippen molar-refractivity contribution in [2.45, 2.75) is 20.3 Å². The Morgan fingerprint density at radius 1 is 0.875 bits per heavy atom. The number of rotatable bonds is 6. The van der Waals surface area contributed by atoms with E-state index in [0.29, 0.717) is 23.7 Å². The fourth-order valence-electron chi connectivity index (χ4n) is 1.96. The van der Waals surface area contributed by atoms with Crippen LogP contribution in [0, 0.1) is 5.92 Å². The number of benzene rings is 2. The van der Waals surface area contributed by atoms with Gasteiger partial charge in [0.1, 0.15) is 5.75 Å². The van der Waals surface area contributed by atoms with E-state index in [1.165, 1.54) is 0 Å². The molecule has 0 spiro atoms. The first kappa shape index (κ1) is 17.5. The highest BCUT2D eigenvalue weighted by Gasteiger charge is 2.09. The first-order chi connectivity index (χ1) is 11.6. The maximum atomic E-state index is 12.0. The van der Waals surface area contributed by atoms with Crippen molar-refractivity contribution >= 4 is 11.8 Å². The molecule has 5 nitrogen and oxygen atoms in total. The van der Waals surface area contributed by atoms with Gasteiger partial charge in [0.05, 0.1) is 6.61 Å². The van der Waals surface area contributed by atoms with Crippen LogP contribution in [0.2, 0.25) is 0 Å². The highest BCUT2D eigenvalue weighted by molar-refractivity contribution is 5.99. The monoisotopic (exact) mass is 326 g/mol. The molecule has 0 radical (unpaired) electrons. The van der Waals surface area contributed by atoms with Gasteiger partial charge in [-0.2, -0.15) is 0 Å². The maximum absolute atomic E-state index is 12.0. The normalized spacial score (nSPS) is 10.3. The Morgan fingerprint density at radius 3 is 1.96 bits per heavy atom. The molecule has 0 aliphatic carbocycles. The van der Waals surface area contributed by atoms with Gasteiger partial charge in [-0.15, -0.1) is 0 Å². The van der Waals surface area contributed by atoms with Gasteiger partial charge in [0, 0.05) is 11.1 Å². The number of hydrazine groups is 1. The lowest BCUT2D eigenvalue weighted by molar-refractivity contribution is 0.0846. The van der Waals surface area contributed by atoms with Crippen molar-refractivity contribution in [2.75, 3.05) is 6.61 Å². The van der Waals surface area contributed by atoms with E-state index in [1.807, 2.05) is 6.07 Å². The molecule has 5 heteroatoms. The van der Waals surface area contributed by atoms with Crippen LogP contribution in [-0.4, -0.2) is 18.4 Å². The Hall–Kier alpha value is -2.82. The number of nitrogens with one attached hydrogen (secondary N) is 2. The second-order valence-electron chi connectivity index (χ2n) is 5.83. The highest BCUT2D eigenvalue weighted by atomic mass is 16.5. The third-order valence-electron chi connectivity index (χ3n) is 3.41. The molecule has 2 aromatic carbocycles. The summed E-state index contributed by atoms with van der Waals surface area (Å²) < 4.78 is 5.61. The van der Waals surface area contributed by atoms with E-state index in [1.54, 1.807) is 48.5 Å². The van der Waals surface area contributed by atoms with Gasteiger partial charge < -0.3 is 4.74 Å². The van der Waals surface area contributed by atoms with Crippen LogP contribution in [0.3, 0.4) is 0 Å². The molecular weight excluding hydrogens is 304 g/mol. The summed E-state index contributed by atoms with van der Waals surface area (Å²) in [6, 6.07) is 15.5. The van der Waals surface area contributed by atoms with Crippen LogP contribution >= 0.6 is 0 Å². The zero-order chi connectivity index (χ0) is 17.4. The summed E-state index contributed by atoms with van der Waals surface area (Å²) in [6.07, 6.45) is 0.980. The number of carbonyl (C=O) groups is 2. The minimum absolute atomic E-state index is 0.363. The van der Waals surface area contributed by atoms with E-state index in [2.05, 4.69) is 24.7 Å². The van der Waals surface area contributed by atoms with Gasteiger partial charge in [-0.3, -0.25) is 20.4 Å². The Labute approximate surface area is 142 Å². The lowest BCUT2D eigenvalue weighted by atomic mass is 10.1. The molecule has 126 valence electrons. The summed E-state index contributed by atoms with van der Waals surface area (Å²) >= 11 is 0. The molecule has 24 heavy (non-hydrogen) atoms. The van der Waals surface area contributed by atoms with Crippen molar-refractivity contribution in [1.82, 2.24) is 10.9 Å². The number of carbonyl (C=O) groups excluding carboxylic acids is 2. The Balaban J connectivity index is 1.83. The van der Waals surface area contributed by atoms with Gasteiger partial charge in [-0.1, -0.05) is 32.0 Å². The first-order valence-electron chi connectivity index (χ1n) is 7.95. The third-order valence-corrected chi connectivity index (χ3v) is 3.41. The fourth-order valence-corrected chi connectivity index (χ4v) is 1.96. The van der Waals surface area contributed by atoms with Crippen molar-refractivity contribution in [3.63, 3.8) is 0 Å². The van der Waals surface area contributed by atoms with Crippen molar-refractivity contribution in [3.05, 3.63) is 65.7 Å². The van der Waals surface area contributed by atoms with Crippen LogP contribution in [0.4, 0.5) is 0 Å². The SMILES string of the molecule is CC(C)CCOc1ccc(C(=O)NNC(=O)c2ccccc2)cc1. The minimum Gasteiger partial charge on any atom is -0.494 e. The van der Waals surface area contributed by atoms with Crippen LogP contribution in [0.5, 0.6) is 5.75 Å². The molecule has 0 aliphatic rings. The average Bonchev–Trinajstić information content (AvgIpc) is 2.60. The Bertz CT molecular complexity index is 667. The predicted molar refractivity (Wildman–Crippen MR) is 92.8 cm³/mol. The molecule has 2 rings (SSSR count). The Kier molecular flexibility index (Phi) is 6.37. The predicted octanol–water partition coefficient (Wildman–Crippen LogP) is 3.19.